The Morgan fingerprint density at radius 1 is 1.56 bits per heavy atom. The van der Waals surface area contributed by atoms with Crippen molar-refractivity contribution in [1.29, 1.82) is 0 Å². The molecule has 1 heterocycles. The average Bonchev–Trinajstić information content (AvgIpc) is 2.62. The lowest BCUT2D eigenvalue weighted by Crippen LogP contribution is -2.32. The summed E-state index contributed by atoms with van der Waals surface area (Å²) in [6.07, 6.45) is 2.21. The highest BCUT2D eigenvalue weighted by Gasteiger charge is 2.00. The minimum Gasteiger partial charge on any atom is -0.370 e. The van der Waals surface area contributed by atoms with Crippen molar-refractivity contribution in [3.05, 3.63) is 11.7 Å². The number of aryl methyl sites for hydroxylation is 1. The summed E-state index contributed by atoms with van der Waals surface area (Å²) in [4.78, 5) is 8.08. The van der Waals surface area contributed by atoms with Gasteiger partial charge in [-0.05, 0) is 13.3 Å². The first-order valence-corrected chi connectivity index (χ1v) is 5.05. The monoisotopic (exact) mass is 339 g/mol. The number of aliphatic imine (C=N–C) groups is 1. The molecule has 16 heavy (non-hydrogen) atoms. The van der Waals surface area contributed by atoms with Gasteiger partial charge >= 0.3 is 0 Å². The van der Waals surface area contributed by atoms with Gasteiger partial charge in [-0.15, -0.1) is 24.0 Å². The van der Waals surface area contributed by atoms with Gasteiger partial charge in [-0.2, -0.15) is 4.98 Å². The fraction of sp³-hybridized carbons (Fsp3) is 0.667. The highest BCUT2D eigenvalue weighted by Crippen LogP contribution is 1.96. The Labute approximate surface area is 112 Å². The van der Waals surface area contributed by atoms with Gasteiger partial charge in [-0.25, -0.2) is 4.99 Å². The number of nitrogens with zero attached hydrogens (tertiary/aromatic N) is 3. The molecule has 0 aliphatic rings. The van der Waals surface area contributed by atoms with E-state index in [2.05, 4.69) is 27.4 Å². The maximum Gasteiger partial charge on any atom is 0.248 e. The van der Waals surface area contributed by atoms with Gasteiger partial charge in [0.2, 0.25) is 5.89 Å². The number of nitrogens with one attached hydrogen (secondary N) is 1. The summed E-state index contributed by atoms with van der Waals surface area (Å²) in [5.74, 6) is 1.50. The van der Waals surface area contributed by atoms with Crippen molar-refractivity contribution >= 4 is 29.9 Å². The molecule has 3 N–H and O–H groups in total. The number of rotatable bonds is 5. The van der Waals surface area contributed by atoms with Crippen LogP contribution in [-0.2, 0) is 6.54 Å². The summed E-state index contributed by atoms with van der Waals surface area (Å²) in [7, 11) is 0. The Morgan fingerprint density at radius 2 is 2.31 bits per heavy atom. The van der Waals surface area contributed by atoms with Crippen LogP contribution in [0.2, 0.25) is 0 Å². The van der Waals surface area contributed by atoms with Crippen LogP contribution in [0.5, 0.6) is 0 Å². The van der Waals surface area contributed by atoms with E-state index in [9.17, 15) is 0 Å². The van der Waals surface area contributed by atoms with Gasteiger partial charge in [0.1, 0.15) is 6.54 Å². The highest BCUT2D eigenvalue weighted by atomic mass is 127. The minimum absolute atomic E-state index is 0. The molecule has 0 unspecified atom stereocenters. The maximum absolute atomic E-state index is 5.62. The molecule has 7 heteroatoms. The smallest absolute Gasteiger partial charge is 0.248 e. The van der Waals surface area contributed by atoms with E-state index < -0.39 is 0 Å². The van der Waals surface area contributed by atoms with Crippen LogP contribution in [0.25, 0.3) is 0 Å². The van der Waals surface area contributed by atoms with Gasteiger partial charge in [-0.1, -0.05) is 18.5 Å². The lowest BCUT2D eigenvalue weighted by molar-refractivity contribution is 0.376. The van der Waals surface area contributed by atoms with Gasteiger partial charge < -0.3 is 15.6 Å². The average molecular weight is 339 g/mol. The summed E-state index contributed by atoms with van der Waals surface area (Å²) in [6, 6.07) is 0. The summed E-state index contributed by atoms with van der Waals surface area (Å²) in [5, 5.41) is 6.65. The first-order valence-electron chi connectivity index (χ1n) is 5.05. The lowest BCUT2D eigenvalue weighted by atomic mass is 10.3. The molecule has 0 aliphatic carbocycles. The van der Waals surface area contributed by atoms with Gasteiger partial charge in [0.05, 0.1) is 0 Å². The summed E-state index contributed by atoms with van der Waals surface area (Å²) in [6.45, 7) is 5.05. The standard InChI is InChI=1S/C9H17N5O.HI/c1-3-4-5-11-9(10)12-6-8-13-7(2)14-15-8;/h3-6H2,1-2H3,(H3,10,11,12);1H. The van der Waals surface area contributed by atoms with Crippen molar-refractivity contribution in [2.45, 2.75) is 33.2 Å². The van der Waals surface area contributed by atoms with Crippen molar-refractivity contribution in [2.75, 3.05) is 6.54 Å². The molecule has 1 rings (SSSR count). The first-order chi connectivity index (χ1) is 7.22. The zero-order valence-electron chi connectivity index (χ0n) is 9.56. The Morgan fingerprint density at radius 3 is 2.88 bits per heavy atom. The molecular formula is C9H18IN5O. The van der Waals surface area contributed by atoms with E-state index in [1.165, 1.54) is 0 Å². The van der Waals surface area contributed by atoms with Crippen molar-refractivity contribution in [2.24, 2.45) is 10.7 Å². The molecule has 92 valence electrons. The SMILES string of the molecule is CCCCNC(N)=NCc1nc(C)no1.I. The van der Waals surface area contributed by atoms with Crippen molar-refractivity contribution < 1.29 is 4.52 Å². The van der Waals surface area contributed by atoms with Crippen LogP contribution in [0.3, 0.4) is 0 Å². The Kier molecular flexibility index (Phi) is 7.86. The fourth-order valence-corrected chi connectivity index (χ4v) is 1.01. The van der Waals surface area contributed by atoms with E-state index in [1.807, 2.05) is 0 Å². The molecule has 1 aromatic heterocycles. The predicted octanol–water partition coefficient (Wildman–Crippen LogP) is 1.20. The van der Waals surface area contributed by atoms with E-state index in [1.54, 1.807) is 6.92 Å². The Hall–Kier alpha value is -0.860. The molecule has 6 nitrogen and oxygen atoms in total. The molecule has 0 fully saturated rings. The molecule has 0 saturated heterocycles. The molecule has 0 amide bonds. The number of nitrogens with two attached hydrogens (primary N) is 1. The zero-order valence-corrected chi connectivity index (χ0v) is 11.9. The molecular weight excluding hydrogens is 321 g/mol. The van der Waals surface area contributed by atoms with Crippen LogP contribution >= 0.6 is 24.0 Å². The molecule has 0 aromatic carbocycles. The van der Waals surface area contributed by atoms with E-state index in [4.69, 9.17) is 10.3 Å². The number of unbranched alkanes of at least 4 members (excludes halogenated alkanes) is 1. The zero-order chi connectivity index (χ0) is 11.1. The number of hydrogen-bond donors (Lipinski definition) is 2. The van der Waals surface area contributed by atoms with E-state index in [0.717, 1.165) is 19.4 Å². The van der Waals surface area contributed by atoms with Gasteiger partial charge in [0, 0.05) is 6.54 Å². The van der Waals surface area contributed by atoms with Crippen LogP contribution in [0.1, 0.15) is 31.5 Å². The molecule has 0 atom stereocenters. The van der Waals surface area contributed by atoms with Crippen LogP contribution in [0.4, 0.5) is 0 Å². The second kappa shape index (κ2) is 8.31. The molecule has 0 aliphatic heterocycles. The minimum atomic E-state index is 0. The fourth-order valence-electron chi connectivity index (χ4n) is 1.01. The quantitative estimate of drug-likeness (QED) is 0.364. The summed E-state index contributed by atoms with van der Waals surface area (Å²) >= 11 is 0. The number of halogens is 1. The van der Waals surface area contributed by atoms with Crippen LogP contribution in [0, 0.1) is 6.92 Å². The second-order valence-corrected chi connectivity index (χ2v) is 3.22. The summed E-state index contributed by atoms with van der Waals surface area (Å²) < 4.78 is 4.89. The van der Waals surface area contributed by atoms with E-state index >= 15 is 0 Å². The lowest BCUT2D eigenvalue weighted by Gasteiger charge is -2.02. The number of hydrogen-bond acceptors (Lipinski definition) is 4. The van der Waals surface area contributed by atoms with Gasteiger partial charge in [0.15, 0.2) is 11.8 Å². The first kappa shape index (κ1) is 15.1. The van der Waals surface area contributed by atoms with Crippen LogP contribution in [0.15, 0.2) is 9.52 Å². The van der Waals surface area contributed by atoms with Crippen molar-refractivity contribution in [1.82, 2.24) is 15.5 Å². The third-order valence-corrected chi connectivity index (χ3v) is 1.79. The molecule has 0 saturated carbocycles. The number of aromatic nitrogens is 2. The maximum atomic E-state index is 5.62. The largest absolute Gasteiger partial charge is 0.370 e. The van der Waals surface area contributed by atoms with Crippen molar-refractivity contribution in [3.63, 3.8) is 0 Å². The number of guanidine groups is 1. The molecule has 0 spiro atoms. The molecule has 1 aromatic rings. The normalized spacial score (nSPS) is 11.0. The molecule has 0 bridgehead atoms. The predicted molar refractivity (Wildman–Crippen MR) is 72.7 cm³/mol. The Bertz CT molecular complexity index is 325. The second-order valence-electron chi connectivity index (χ2n) is 3.22. The topological polar surface area (TPSA) is 89.3 Å². The third kappa shape index (κ3) is 5.89. The van der Waals surface area contributed by atoms with Crippen molar-refractivity contribution in [3.8, 4) is 0 Å². The Balaban J connectivity index is 0.00000225. The van der Waals surface area contributed by atoms with Gasteiger partial charge in [0.25, 0.3) is 0 Å². The third-order valence-electron chi connectivity index (χ3n) is 1.79. The van der Waals surface area contributed by atoms with Crippen LogP contribution in [-0.4, -0.2) is 22.6 Å². The van der Waals surface area contributed by atoms with Gasteiger partial charge in [-0.3, -0.25) is 0 Å². The highest BCUT2D eigenvalue weighted by molar-refractivity contribution is 14.0. The molecule has 0 radical (unpaired) electrons. The summed E-state index contributed by atoms with van der Waals surface area (Å²) in [5.41, 5.74) is 5.62. The van der Waals surface area contributed by atoms with E-state index in [-0.39, 0.29) is 24.0 Å². The van der Waals surface area contributed by atoms with E-state index in [0.29, 0.717) is 24.2 Å². The van der Waals surface area contributed by atoms with Crippen LogP contribution < -0.4 is 11.1 Å².